The van der Waals surface area contributed by atoms with E-state index in [0.717, 1.165) is 0 Å². The Morgan fingerprint density at radius 2 is 1.80 bits per heavy atom. The smallest absolute Gasteiger partial charge is 0.00864 e. The lowest BCUT2D eigenvalue weighted by molar-refractivity contribution is 0.0444. The number of rotatable bonds is 0. The average Bonchev–Trinajstić information content (AvgIpc) is 1.87. The van der Waals surface area contributed by atoms with E-state index in [0.29, 0.717) is 5.41 Å². The molecule has 2 aliphatic rings. The molecule has 2 heterocycles. The third-order valence-electron chi connectivity index (χ3n) is 2.74. The molecular formula is C7H15N2P. The lowest BCUT2D eigenvalue weighted by Gasteiger charge is -2.50. The molecule has 2 fully saturated rings. The largest absolute Gasteiger partial charge is 0.317 e. The van der Waals surface area contributed by atoms with Crippen molar-refractivity contribution in [2.24, 2.45) is 5.41 Å². The molecule has 1 N–H and O–H groups in total. The van der Waals surface area contributed by atoms with Crippen LogP contribution >= 0.6 is 9.39 Å². The van der Waals surface area contributed by atoms with E-state index in [1.807, 2.05) is 0 Å². The van der Waals surface area contributed by atoms with Gasteiger partial charge in [0.2, 0.25) is 0 Å². The fourth-order valence-corrected chi connectivity index (χ4v) is 2.86. The van der Waals surface area contributed by atoms with Gasteiger partial charge in [-0.15, -0.1) is 0 Å². The third kappa shape index (κ3) is 1.09. The second kappa shape index (κ2) is 2.44. The van der Waals surface area contributed by atoms with Crippen LogP contribution in [0.15, 0.2) is 0 Å². The van der Waals surface area contributed by atoms with Crippen molar-refractivity contribution in [3.8, 4) is 0 Å². The molecule has 0 saturated carbocycles. The highest BCUT2D eigenvalue weighted by atomic mass is 31.0. The van der Waals surface area contributed by atoms with Gasteiger partial charge in [-0.05, 0) is 31.3 Å². The van der Waals surface area contributed by atoms with Crippen LogP contribution in [0.4, 0.5) is 0 Å². The second-order valence-electron chi connectivity index (χ2n) is 3.65. The first kappa shape index (κ1) is 7.02. The molecule has 0 bridgehead atoms. The number of nitrogens with one attached hydrogen (secondary N) is 1. The van der Waals surface area contributed by atoms with Crippen LogP contribution in [0.1, 0.15) is 12.8 Å². The summed E-state index contributed by atoms with van der Waals surface area (Å²) in [5.41, 5.74) is 0.715. The number of hydrogen-bond acceptors (Lipinski definition) is 2. The molecule has 0 aromatic heterocycles. The Bertz CT molecular complexity index is 116. The molecule has 10 heavy (non-hydrogen) atoms. The van der Waals surface area contributed by atoms with Crippen LogP contribution in [-0.4, -0.2) is 30.8 Å². The van der Waals surface area contributed by atoms with E-state index in [2.05, 4.69) is 19.4 Å². The molecular weight excluding hydrogens is 143 g/mol. The van der Waals surface area contributed by atoms with Gasteiger partial charge in [0.05, 0.1) is 0 Å². The Labute approximate surface area is 64.6 Å². The molecule has 1 atom stereocenters. The summed E-state index contributed by atoms with van der Waals surface area (Å²) >= 11 is 0. The van der Waals surface area contributed by atoms with Crippen molar-refractivity contribution in [3.05, 3.63) is 0 Å². The predicted octanol–water partition coefficient (Wildman–Crippen LogP) is 0.462. The van der Waals surface area contributed by atoms with Crippen molar-refractivity contribution >= 4 is 9.39 Å². The van der Waals surface area contributed by atoms with Gasteiger partial charge in [0, 0.05) is 13.1 Å². The Kier molecular flexibility index (Phi) is 1.71. The lowest BCUT2D eigenvalue weighted by atomic mass is 9.74. The van der Waals surface area contributed by atoms with Gasteiger partial charge in [0.15, 0.2) is 0 Å². The Hall–Kier alpha value is 0.350. The number of piperidine rings is 1. The van der Waals surface area contributed by atoms with E-state index in [4.69, 9.17) is 0 Å². The van der Waals surface area contributed by atoms with E-state index < -0.39 is 0 Å². The first-order valence-corrected chi connectivity index (χ1v) is 4.53. The maximum atomic E-state index is 3.40. The van der Waals surface area contributed by atoms with Gasteiger partial charge in [0.25, 0.3) is 0 Å². The fraction of sp³-hybridized carbons (Fsp3) is 1.00. The predicted molar refractivity (Wildman–Crippen MR) is 45.8 cm³/mol. The number of hydrogen-bond donors (Lipinski definition) is 1. The van der Waals surface area contributed by atoms with Gasteiger partial charge < -0.3 is 5.32 Å². The summed E-state index contributed by atoms with van der Waals surface area (Å²) in [4.78, 5) is 0. The van der Waals surface area contributed by atoms with Crippen LogP contribution < -0.4 is 5.32 Å². The lowest BCUT2D eigenvalue weighted by Crippen LogP contribution is -2.55. The zero-order valence-electron chi connectivity index (χ0n) is 6.27. The van der Waals surface area contributed by atoms with Crippen LogP contribution in [0.5, 0.6) is 0 Å². The highest BCUT2D eigenvalue weighted by Gasteiger charge is 2.41. The first-order chi connectivity index (χ1) is 4.81. The molecule has 0 aromatic carbocycles. The van der Waals surface area contributed by atoms with E-state index in [9.17, 15) is 0 Å². The molecule has 1 unspecified atom stereocenters. The molecule has 2 rings (SSSR count). The molecule has 0 aromatic rings. The van der Waals surface area contributed by atoms with Crippen molar-refractivity contribution in [2.45, 2.75) is 12.8 Å². The van der Waals surface area contributed by atoms with E-state index in [1.54, 1.807) is 0 Å². The van der Waals surface area contributed by atoms with Crippen LogP contribution in [-0.2, 0) is 0 Å². The summed E-state index contributed by atoms with van der Waals surface area (Å²) in [5.74, 6) is 0. The van der Waals surface area contributed by atoms with Crippen molar-refractivity contribution in [2.75, 3.05) is 26.2 Å². The molecule has 58 valence electrons. The summed E-state index contributed by atoms with van der Waals surface area (Å²) in [5, 5.41) is 3.40. The molecule has 2 nitrogen and oxygen atoms in total. The summed E-state index contributed by atoms with van der Waals surface area (Å²) in [6, 6.07) is 0. The minimum atomic E-state index is 0.715. The fourth-order valence-electron chi connectivity index (χ4n) is 2.09. The number of nitrogens with zero attached hydrogens (tertiary/aromatic N) is 1. The van der Waals surface area contributed by atoms with Crippen molar-refractivity contribution in [1.82, 2.24) is 9.99 Å². The maximum absolute atomic E-state index is 3.40. The minimum Gasteiger partial charge on any atom is -0.317 e. The molecule has 3 heteroatoms. The summed E-state index contributed by atoms with van der Waals surface area (Å²) in [6.07, 6.45) is 2.77. The van der Waals surface area contributed by atoms with Gasteiger partial charge in [-0.25, -0.2) is 0 Å². The second-order valence-corrected chi connectivity index (χ2v) is 4.39. The topological polar surface area (TPSA) is 15.3 Å². The summed E-state index contributed by atoms with van der Waals surface area (Å²) in [6.45, 7) is 5.08. The van der Waals surface area contributed by atoms with E-state index >= 15 is 0 Å². The molecule has 2 saturated heterocycles. The van der Waals surface area contributed by atoms with Gasteiger partial charge in [-0.3, -0.25) is 4.67 Å². The summed E-state index contributed by atoms with van der Waals surface area (Å²) in [7, 11) is 2.78. The first-order valence-electron chi connectivity index (χ1n) is 4.01. The van der Waals surface area contributed by atoms with Gasteiger partial charge in [-0.2, -0.15) is 0 Å². The molecule has 0 aliphatic carbocycles. The normalized spacial score (nSPS) is 32.1. The zero-order valence-corrected chi connectivity index (χ0v) is 7.42. The van der Waals surface area contributed by atoms with Crippen LogP contribution in [0.3, 0.4) is 0 Å². The Balaban J connectivity index is 1.90. The average molecular weight is 158 g/mol. The van der Waals surface area contributed by atoms with Crippen LogP contribution in [0.25, 0.3) is 0 Å². The van der Waals surface area contributed by atoms with Crippen LogP contribution in [0.2, 0.25) is 0 Å². The van der Waals surface area contributed by atoms with Crippen molar-refractivity contribution in [3.63, 3.8) is 0 Å². The van der Waals surface area contributed by atoms with Crippen LogP contribution in [0, 0.1) is 5.41 Å². The highest BCUT2D eigenvalue weighted by Crippen LogP contribution is 2.39. The highest BCUT2D eigenvalue weighted by molar-refractivity contribution is 7.13. The Morgan fingerprint density at radius 1 is 1.20 bits per heavy atom. The van der Waals surface area contributed by atoms with Crippen molar-refractivity contribution in [1.29, 1.82) is 0 Å². The molecule has 2 aliphatic heterocycles. The monoisotopic (exact) mass is 158 g/mol. The maximum Gasteiger partial charge on any atom is 0.00864 e. The van der Waals surface area contributed by atoms with E-state index in [1.165, 1.54) is 39.0 Å². The van der Waals surface area contributed by atoms with Crippen molar-refractivity contribution < 1.29 is 0 Å². The quantitative estimate of drug-likeness (QED) is 0.515. The molecule has 0 radical (unpaired) electrons. The van der Waals surface area contributed by atoms with Gasteiger partial charge >= 0.3 is 0 Å². The minimum absolute atomic E-state index is 0.715. The third-order valence-corrected chi connectivity index (χ3v) is 3.11. The van der Waals surface area contributed by atoms with Gasteiger partial charge in [-0.1, -0.05) is 9.39 Å². The standard InChI is InChI=1S/C7H15N2P/c10-9-5-7(6-9)1-3-8-4-2-7/h8H,1-6,10H2. The van der Waals surface area contributed by atoms with E-state index in [-0.39, 0.29) is 0 Å². The molecule has 0 amide bonds. The van der Waals surface area contributed by atoms with Gasteiger partial charge in [0.1, 0.15) is 0 Å². The Morgan fingerprint density at radius 3 is 2.30 bits per heavy atom. The SMILES string of the molecule is PN1CC2(CCNCC2)C1. The molecule has 1 spiro atoms. The zero-order chi connectivity index (χ0) is 7.03. The summed E-state index contributed by atoms with van der Waals surface area (Å²) < 4.78 is 2.34.